The molecule has 2 heterocycles. The molecule has 0 aliphatic carbocycles. The van der Waals surface area contributed by atoms with E-state index in [0.29, 0.717) is 5.92 Å². The largest absolute Gasteiger partial charge is 0.444 e. The van der Waals surface area contributed by atoms with E-state index < -0.39 is 0 Å². The van der Waals surface area contributed by atoms with Gasteiger partial charge in [0.25, 0.3) is 0 Å². The van der Waals surface area contributed by atoms with E-state index >= 15 is 0 Å². The van der Waals surface area contributed by atoms with Crippen molar-refractivity contribution >= 4 is 0 Å². The Hall–Kier alpha value is -0.870. The van der Waals surface area contributed by atoms with Gasteiger partial charge in [0.2, 0.25) is 5.89 Å². The second-order valence-corrected chi connectivity index (χ2v) is 6.57. The number of nitrogens with zero attached hydrogens (tertiary/aromatic N) is 2. The van der Waals surface area contributed by atoms with Gasteiger partial charge in [-0.15, -0.1) is 0 Å². The van der Waals surface area contributed by atoms with Crippen molar-refractivity contribution in [1.29, 1.82) is 0 Å². The van der Waals surface area contributed by atoms with E-state index in [9.17, 15) is 0 Å². The monoisotopic (exact) mass is 266 g/mol. The van der Waals surface area contributed by atoms with Crippen molar-refractivity contribution < 1.29 is 9.15 Å². The molecular formula is C15H26N2O2. The van der Waals surface area contributed by atoms with Crippen molar-refractivity contribution in [2.24, 2.45) is 5.92 Å². The molecule has 19 heavy (non-hydrogen) atoms. The summed E-state index contributed by atoms with van der Waals surface area (Å²) in [4.78, 5) is 6.83. The van der Waals surface area contributed by atoms with Gasteiger partial charge < -0.3 is 9.15 Å². The van der Waals surface area contributed by atoms with Crippen LogP contribution in [0.15, 0.2) is 10.6 Å². The molecule has 1 aromatic rings. The standard InChI is InChI=1S/C15H26N2O2/c1-15(2,3)13-8-16-14(19-13)10-17-7-5-6-12(9-17)11-18-4/h8,12H,5-7,9-11H2,1-4H3. The van der Waals surface area contributed by atoms with Crippen LogP contribution in [0.1, 0.15) is 45.3 Å². The average molecular weight is 266 g/mol. The molecule has 0 amide bonds. The molecule has 0 N–H and O–H groups in total. The molecule has 1 fully saturated rings. The molecule has 0 bridgehead atoms. The maximum absolute atomic E-state index is 5.86. The second-order valence-electron chi connectivity index (χ2n) is 6.57. The summed E-state index contributed by atoms with van der Waals surface area (Å²) < 4.78 is 11.1. The molecule has 0 radical (unpaired) electrons. The Labute approximate surface area is 116 Å². The van der Waals surface area contributed by atoms with Gasteiger partial charge in [0.15, 0.2) is 0 Å². The summed E-state index contributed by atoms with van der Waals surface area (Å²) >= 11 is 0. The molecule has 1 atom stereocenters. The number of aromatic nitrogens is 1. The molecule has 1 saturated heterocycles. The first-order valence-corrected chi connectivity index (χ1v) is 7.15. The normalized spacial score (nSPS) is 21.8. The van der Waals surface area contributed by atoms with Gasteiger partial charge in [0.05, 0.1) is 19.3 Å². The van der Waals surface area contributed by atoms with Crippen molar-refractivity contribution in [3.63, 3.8) is 0 Å². The zero-order valence-electron chi connectivity index (χ0n) is 12.6. The van der Waals surface area contributed by atoms with Gasteiger partial charge in [-0.3, -0.25) is 4.90 Å². The van der Waals surface area contributed by atoms with Crippen molar-refractivity contribution in [1.82, 2.24) is 9.88 Å². The number of piperidine rings is 1. The van der Waals surface area contributed by atoms with Crippen molar-refractivity contribution in [2.75, 3.05) is 26.8 Å². The highest BCUT2D eigenvalue weighted by Gasteiger charge is 2.23. The average Bonchev–Trinajstić information content (AvgIpc) is 2.78. The van der Waals surface area contributed by atoms with Crippen LogP contribution in [-0.2, 0) is 16.7 Å². The van der Waals surface area contributed by atoms with Crippen LogP contribution in [0.4, 0.5) is 0 Å². The van der Waals surface area contributed by atoms with Crippen molar-refractivity contribution in [3.05, 3.63) is 17.8 Å². The Kier molecular flexibility index (Phi) is 4.63. The van der Waals surface area contributed by atoms with Gasteiger partial charge in [-0.05, 0) is 25.3 Å². The number of hydrogen-bond acceptors (Lipinski definition) is 4. The van der Waals surface area contributed by atoms with Gasteiger partial charge in [0.1, 0.15) is 5.76 Å². The van der Waals surface area contributed by atoms with Gasteiger partial charge in [-0.1, -0.05) is 20.8 Å². The summed E-state index contributed by atoms with van der Waals surface area (Å²) in [6.45, 7) is 10.3. The van der Waals surface area contributed by atoms with E-state index in [1.807, 2.05) is 6.20 Å². The summed E-state index contributed by atoms with van der Waals surface area (Å²) in [5.41, 5.74) is 0.0335. The molecular weight excluding hydrogens is 240 g/mol. The Balaban J connectivity index is 1.92. The molecule has 4 nitrogen and oxygen atoms in total. The first-order valence-electron chi connectivity index (χ1n) is 7.15. The number of ether oxygens (including phenoxy) is 1. The minimum absolute atomic E-state index is 0.0335. The van der Waals surface area contributed by atoms with Crippen LogP contribution in [0, 0.1) is 5.92 Å². The number of likely N-dealkylation sites (tertiary alicyclic amines) is 1. The summed E-state index contributed by atoms with van der Waals surface area (Å²) in [6.07, 6.45) is 4.37. The third kappa shape index (κ3) is 4.05. The minimum atomic E-state index is 0.0335. The van der Waals surface area contributed by atoms with Crippen molar-refractivity contribution in [2.45, 2.75) is 45.6 Å². The molecule has 1 unspecified atom stereocenters. The summed E-state index contributed by atoms with van der Waals surface area (Å²) in [5, 5.41) is 0. The predicted molar refractivity (Wildman–Crippen MR) is 75.1 cm³/mol. The fourth-order valence-corrected chi connectivity index (χ4v) is 2.59. The topological polar surface area (TPSA) is 38.5 Å². The molecule has 1 aliphatic rings. The van der Waals surface area contributed by atoms with Crippen molar-refractivity contribution in [3.8, 4) is 0 Å². The predicted octanol–water partition coefficient (Wildman–Crippen LogP) is 2.83. The van der Waals surface area contributed by atoms with E-state index in [1.165, 1.54) is 12.8 Å². The molecule has 0 spiro atoms. The Morgan fingerprint density at radius 2 is 2.26 bits per heavy atom. The zero-order chi connectivity index (χ0) is 13.9. The highest BCUT2D eigenvalue weighted by Crippen LogP contribution is 2.24. The van der Waals surface area contributed by atoms with Crippen LogP contribution in [0.25, 0.3) is 0 Å². The Morgan fingerprint density at radius 1 is 1.47 bits per heavy atom. The maximum atomic E-state index is 5.86. The molecule has 4 heteroatoms. The number of methoxy groups -OCH3 is 1. The summed E-state index contributed by atoms with van der Waals surface area (Å²) in [7, 11) is 1.78. The van der Waals surface area contributed by atoms with E-state index in [2.05, 4.69) is 30.7 Å². The fraction of sp³-hybridized carbons (Fsp3) is 0.800. The van der Waals surface area contributed by atoms with E-state index in [4.69, 9.17) is 9.15 Å². The molecule has 0 saturated carbocycles. The molecule has 2 rings (SSSR count). The van der Waals surface area contributed by atoms with E-state index in [0.717, 1.165) is 37.9 Å². The fourth-order valence-electron chi connectivity index (χ4n) is 2.59. The maximum Gasteiger partial charge on any atom is 0.208 e. The second kappa shape index (κ2) is 6.06. The van der Waals surface area contributed by atoms with Crippen LogP contribution in [-0.4, -0.2) is 36.7 Å². The summed E-state index contributed by atoms with van der Waals surface area (Å²) in [5.74, 6) is 2.45. The van der Waals surface area contributed by atoms with Crippen LogP contribution in [0.2, 0.25) is 0 Å². The Bertz CT molecular complexity index is 393. The molecule has 1 aromatic heterocycles. The lowest BCUT2D eigenvalue weighted by Crippen LogP contribution is -2.36. The third-order valence-corrected chi connectivity index (χ3v) is 3.66. The lowest BCUT2D eigenvalue weighted by molar-refractivity contribution is 0.0827. The quantitative estimate of drug-likeness (QED) is 0.840. The lowest BCUT2D eigenvalue weighted by Gasteiger charge is -2.31. The van der Waals surface area contributed by atoms with Gasteiger partial charge in [0, 0.05) is 19.1 Å². The lowest BCUT2D eigenvalue weighted by atomic mass is 9.94. The Morgan fingerprint density at radius 3 is 2.89 bits per heavy atom. The van der Waals surface area contributed by atoms with Gasteiger partial charge in [-0.2, -0.15) is 0 Å². The number of rotatable bonds is 4. The van der Waals surface area contributed by atoms with Gasteiger partial charge in [-0.25, -0.2) is 4.98 Å². The SMILES string of the molecule is COCC1CCCN(Cc2ncc(C(C)(C)C)o2)C1. The zero-order valence-corrected chi connectivity index (χ0v) is 12.6. The number of oxazole rings is 1. The minimum Gasteiger partial charge on any atom is -0.444 e. The summed E-state index contributed by atoms with van der Waals surface area (Å²) in [6, 6.07) is 0. The van der Waals surface area contributed by atoms with Crippen LogP contribution >= 0.6 is 0 Å². The van der Waals surface area contributed by atoms with Crippen LogP contribution in [0.5, 0.6) is 0 Å². The van der Waals surface area contributed by atoms with E-state index in [-0.39, 0.29) is 5.41 Å². The highest BCUT2D eigenvalue weighted by molar-refractivity contribution is 5.06. The molecule has 1 aliphatic heterocycles. The first kappa shape index (κ1) is 14.5. The molecule has 0 aromatic carbocycles. The molecule has 108 valence electrons. The highest BCUT2D eigenvalue weighted by atomic mass is 16.5. The van der Waals surface area contributed by atoms with E-state index in [1.54, 1.807) is 7.11 Å². The number of hydrogen-bond donors (Lipinski definition) is 0. The first-order chi connectivity index (χ1) is 8.99. The van der Waals surface area contributed by atoms with Crippen LogP contribution in [0.3, 0.4) is 0 Å². The van der Waals surface area contributed by atoms with Crippen LogP contribution < -0.4 is 0 Å². The smallest absolute Gasteiger partial charge is 0.208 e. The van der Waals surface area contributed by atoms with Gasteiger partial charge >= 0.3 is 0 Å². The third-order valence-electron chi connectivity index (χ3n) is 3.66.